The summed E-state index contributed by atoms with van der Waals surface area (Å²) in [5.74, 6) is -1.28. The van der Waals surface area contributed by atoms with Crippen LogP contribution in [0.1, 0.15) is 46.5 Å². The van der Waals surface area contributed by atoms with Gasteiger partial charge in [-0.1, -0.05) is 0 Å². The fourth-order valence-corrected chi connectivity index (χ4v) is 2.79. The predicted molar refractivity (Wildman–Crippen MR) is 138 cm³/mol. The van der Waals surface area contributed by atoms with E-state index in [-0.39, 0.29) is 25.4 Å². The molecule has 1 unspecified atom stereocenters. The van der Waals surface area contributed by atoms with E-state index in [9.17, 15) is 19.5 Å². The van der Waals surface area contributed by atoms with E-state index in [0.717, 1.165) is 0 Å². The van der Waals surface area contributed by atoms with Crippen LogP contribution in [0.3, 0.4) is 0 Å². The molecule has 0 aromatic rings. The summed E-state index contributed by atoms with van der Waals surface area (Å²) in [5.41, 5.74) is -0.708. The molecule has 0 aliphatic heterocycles. The number of unbranched alkanes of at least 4 members (excludes halogenated alkanes) is 1. The number of carbonyl (C=O) groups excluding carboxylic acids is 2. The summed E-state index contributed by atoms with van der Waals surface area (Å²) < 4.78 is 36.8. The number of methoxy groups -OCH3 is 1. The van der Waals surface area contributed by atoms with Crippen molar-refractivity contribution in [2.45, 2.75) is 58.1 Å². The van der Waals surface area contributed by atoms with Crippen LogP contribution in [0, 0.1) is 0 Å². The van der Waals surface area contributed by atoms with Crippen LogP contribution in [0.5, 0.6) is 0 Å². The predicted octanol–water partition coefficient (Wildman–Crippen LogP) is 1.37. The minimum Gasteiger partial charge on any atom is -0.480 e. The number of carbonyl (C=O) groups is 3. The van der Waals surface area contributed by atoms with Crippen LogP contribution >= 0.6 is 0 Å². The monoisotopic (exact) mass is 552 g/mol. The number of aliphatic carboxylic acids is 1. The van der Waals surface area contributed by atoms with Crippen LogP contribution in [0.25, 0.3) is 0 Å². The first kappa shape index (κ1) is 36.0. The number of hydrogen-bond donors (Lipinski definition) is 3. The fourth-order valence-electron chi connectivity index (χ4n) is 2.79. The Morgan fingerprint density at radius 3 is 1.66 bits per heavy atom. The molecule has 0 fully saturated rings. The number of ether oxygens (including phenoxy) is 7. The Kier molecular flexibility index (Phi) is 22.8. The van der Waals surface area contributed by atoms with E-state index in [1.165, 1.54) is 0 Å². The van der Waals surface area contributed by atoms with Crippen molar-refractivity contribution in [2.75, 3.05) is 86.3 Å². The van der Waals surface area contributed by atoms with Crippen LogP contribution in [-0.4, -0.2) is 121 Å². The van der Waals surface area contributed by atoms with Crippen molar-refractivity contribution >= 4 is 18.0 Å². The largest absolute Gasteiger partial charge is 0.480 e. The Balaban J connectivity index is 3.51. The van der Waals surface area contributed by atoms with Gasteiger partial charge in [0.05, 0.1) is 72.7 Å². The first-order valence-electron chi connectivity index (χ1n) is 13.0. The van der Waals surface area contributed by atoms with Gasteiger partial charge in [0, 0.05) is 20.1 Å². The lowest BCUT2D eigenvalue weighted by Gasteiger charge is -2.22. The molecule has 0 heterocycles. The highest BCUT2D eigenvalue weighted by molar-refractivity contribution is 5.80. The van der Waals surface area contributed by atoms with Gasteiger partial charge in [-0.2, -0.15) is 0 Å². The van der Waals surface area contributed by atoms with E-state index in [2.05, 4.69) is 10.6 Å². The van der Waals surface area contributed by atoms with Gasteiger partial charge in [0.1, 0.15) is 11.6 Å². The summed E-state index contributed by atoms with van der Waals surface area (Å²) in [5, 5.41) is 14.4. The Bertz CT molecular complexity index is 615. The number of rotatable bonds is 25. The molecule has 224 valence electrons. The van der Waals surface area contributed by atoms with E-state index >= 15 is 0 Å². The molecule has 0 aromatic carbocycles. The van der Waals surface area contributed by atoms with Gasteiger partial charge < -0.3 is 48.9 Å². The summed E-state index contributed by atoms with van der Waals surface area (Å²) in [4.78, 5) is 34.9. The van der Waals surface area contributed by atoms with Crippen LogP contribution in [-0.2, 0) is 42.7 Å². The van der Waals surface area contributed by atoms with Crippen molar-refractivity contribution in [1.29, 1.82) is 0 Å². The second-order valence-corrected chi connectivity index (χ2v) is 9.19. The molecule has 13 heteroatoms. The molecule has 0 spiro atoms. The minimum atomic E-state index is -1.13. The van der Waals surface area contributed by atoms with E-state index in [0.29, 0.717) is 85.5 Å². The Hall–Kier alpha value is -2.03. The number of carboxylic acid groups (broad SMARTS) is 1. The average molecular weight is 553 g/mol. The number of nitrogens with one attached hydrogen (secondary N) is 2. The second-order valence-electron chi connectivity index (χ2n) is 9.19. The van der Waals surface area contributed by atoms with E-state index < -0.39 is 23.7 Å². The molecule has 3 N–H and O–H groups in total. The average Bonchev–Trinajstić information content (AvgIpc) is 2.83. The molecular formula is C25H48N2O11. The third-order valence-corrected chi connectivity index (χ3v) is 4.62. The zero-order valence-electron chi connectivity index (χ0n) is 23.4. The molecule has 0 aliphatic rings. The van der Waals surface area contributed by atoms with Crippen molar-refractivity contribution in [3.63, 3.8) is 0 Å². The molecular weight excluding hydrogens is 504 g/mol. The van der Waals surface area contributed by atoms with E-state index in [1.54, 1.807) is 27.9 Å². The molecule has 0 radical (unpaired) electrons. The van der Waals surface area contributed by atoms with Gasteiger partial charge in [0.15, 0.2) is 0 Å². The lowest BCUT2D eigenvalue weighted by molar-refractivity contribution is -0.139. The first-order valence-corrected chi connectivity index (χ1v) is 13.0. The molecule has 38 heavy (non-hydrogen) atoms. The summed E-state index contributed by atoms with van der Waals surface area (Å²) in [6.07, 6.45) is 0.782. The molecule has 0 saturated carbocycles. The molecule has 0 rings (SSSR count). The van der Waals surface area contributed by atoms with Crippen LogP contribution < -0.4 is 10.6 Å². The molecule has 13 nitrogen and oxygen atoms in total. The van der Waals surface area contributed by atoms with Crippen molar-refractivity contribution in [3.8, 4) is 0 Å². The van der Waals surface area contributed by atoms with Gasteiger partial charge in [-0.25, -0.2) is 9.59 Å². The normalized spacial score (nSPS) is 12.2. The lowest BCUT2D eigenvalue weighted by Crippen LogP contribution is -2.43. The minimum absolute atomic E-state index is 0.148. The van der Waals surface area contributed by atoms with Gasteiger partial charge in [-0.05, 0) is 40.0 Å². The maximum Gasteiger partial charge on any atom is 0.408 e. The maximum absolute atomic E-state index is 11.9. The van der Waals surface area contributed by atoms with Crippen molar-refractivity contribution in [1.82, 2.24) is 10.6 Å². The highest BCUT2D eigenvalue weighted by Gasteiger charge is 2.23. The number of hydrogen-bond acceptors (Lipinski definition) is 10. The second kappa shape index (κ2) is 24.0. The Morgan fingerprint density at radius 2 is 1.21 bits per heavy atom. The summed E-state index contributed by atoms with van der Waals surface area (Å²) >= 11 is 0. The SMILES string of the molecule is COCCOCCOCCOCCOCCOCCC(=O)NCCCCC(NC(=O)OC(C)(C)C)C(=O)O. The number of alkyl carbamates (subject to hydrolysis) is 1. The molecule has 0 bridgehead atoms. The molecule has 0 aromatic heterocycles. The highest BCUT2D eigenvalue weighted by atomic mass is 16.6. The summed E-state index contributed by atoms with van der Waals surface area (Å²) in [6.45, 7) is 10.6. The summed E-state index contributed by atoms with van der Waals surface area (Å²) in [7, 11) is 1.63. The van der Waals surface area contributed by atoms with E-state index in [1.807, 2.05) is 0 Å². The third kappa shape index (κ3) is 25.6. The zero-order valence-corrected chi connectivity index (χ0v) is 23.4. The van der Waals surface area contributed by atoms with Gasteiger partial charge >= 0.3 is 12.1 Å². The Morgan fingerprint density at radius 1 is 0.737 bits per heavy atom. The first-order chi connectivity index (χ1) is 18.2. The van der Waals surface area contributed by atoms with Gasteiger partial charge in [-0.15, -0.1) is 0 Å². The van der Waals surface area contributed by atoms with Gasteiger partial charge in [0.25, 0.3) is 0 Å². The van der Waals surface area contributed by atoms with Gasteiger partial charge in [-0.3, -0.25) is 4.79 Å². The van der Waals surface area contributed by atoms with Crippen molar-refractivity contribution < 1.29 is 52.6 Å². The third-order valence-electron chi connectivity index (χ3n) is 4.62. The Labute approximate surface area is 226 Å². The quantitative estimate of drug-likeness (QED) is 0.140. The van der Waals surface area contributed by atoms with Gasteiger partial charge in [0.2, 0.25) is 5.91 Å². The van der Waals surface area contributed by atoms with Crippen LogP contribution in [0.2, 0.25) is 0 Å². The van der Waals surface area contributed by atoms with Crippen LogP contribution in [0.15, 0.2) is 0 Å². The maximum atomic E-state index is 11.9. The summed E-state index contributed by atoms with van der Waals surface area (Å²) in [6, 6.07) is -1.04. The molecule has 0 saturated heterocycles. The van der Waals surface area contributed by atoms with Crippen molar-refractivity contribution in [3.05, 3.63) is 0 Å². The van der Waals surface area contributed by atoms with Crippen LogP contribution in [0.4, 0.5) is 4.79 Å². The number of amides is 2. The standard InChI is InChI=1S/C25H48N2O11/c1-25(2,3)38-24(31)27-21(23(29)30)7-5-6-9-26-22(28)8-10-33-13-14-35-17-18-37-20-19-36-16-15-34-12-11-32-4/h21H,5-20H2,1-4H3,(H,26,28)(H,27,31)(H,29,30). The molecule has 1 atom stereocenters. The molecule has 2 amide bonds. The fraction of sp³-hybridized carbons (Fsp3) is 0.880. The smallest absolute Gasteiger partial charge is 0.408 e. The van der Waals surface area contributed by atoms with Crippen molar-refractivity contribution in [2.24, 2.45) is 0 Å². The zero-order chi connectivity index (χ0) is 28.5. The number of carboxylic acids is 1. The molecule has 0 aliphatic carbocycles. The topological polar surface area (TPSA) is 160 Å². The lowest BCUT2D eigenvalue weighted by atomic mass is 10.1. The van der Waals surface area contributed by atoms with E-state index in [4.69, 9.17) is 33.2 Å². The highest BCUT2D eigenvalue weighted by Crippen LogP contribution is 2.08.